The number of nitrogens with one attached hydrogen (secondary N) is 1. The van der Waals surface area contributed by atoms with Gasteiger partial charge < -0.3 is 10.1 Å². The molecular weight excluding hydrogens is 400 g/mol. The molecule has 31 heavy (non-hydrogen) atoms. The van der Waals surface area contributed by atoms with Crippen LogP contribution < -0.4 is 10.1 Å². The summed E-state index contributed by atoms with van der Waals surface area (Å²) in [7, 11) is 0. The average molecular weight is 422 g/mol. The van der Waals surface area contributed by atoms with Crippen molar-refractivity contribution < 1.29 is 24.3 Å². The molecule has 9 heteroatoms. The maximum absolute atomic E-state index is 12.4. The molecule has 160 valence electrons. The Balaban J connectivity index is 1.66. The van der Waals surface area contributed by atoms with Crippen molar-refractivity contribution >= 4 is 18.3 Å². The number of hydroxylamine groups is 2. The Labute approximate surface area is 179 Å². The molecule has 2 N–H and O–H groups in total. The lowest BCUT2D eigenvalue weighted by atomic mass is 10.0. The minimum atomic E-state index is -1.05. The predicted molar refractivity (Wildman–Crippen MR) is 110 cm³/mol. The topological polar surface area (TPSA) is 123 Å². The number of amides is 4. The van der Waals surface area contributed by atoms with Gasteiger partial charge in [0, 0.05) is 0 Å². The molecular formula is C22H22N4O5. The van der Waals surface area contributed by atoms with Gasteiger partial charge in [-0.25, -0.2) is 9.86 Å². The predicted octanol–water partition coefficient (Wildman–Crippen LogP) is 2.15. The first-order valence-electron chi connectivity index (χ1n) is 9.55. The van der Waals surface area contributed by atoms with Crippen LogP contribution in [0, 0.1) is 11.3 Å². The molecule has 2 aromatic rings. The zero-order valence-electron chi connectivity index (χ0n) is 17.1. The molecule has 1 aliphatic rings. The fourth-order valence-corrected chi connectivity index (χ4v) is 3.17. The molecule has 1 aliphatic heterocycles. The molecule has 1 saturated heterocycles. The second kappa shape index (κ2) is 8.85. The van der Waals surface area contributed by atoms with Crippen molar-refractivity contribution in [1.82, 2.24) is 15.3 Å². The Hall–Kier alpha value is -3.90. The molecule has 0 aromatic heterocycles. The second-order valence-electron chi connectivity index (χ2n) is 7.63. The third-order valence-corrected chi connectivity index (χ3v) is 4.96. The van der Waals surface area contributed by atoms with Crippen LogP contribution in [0.15, 0.2) is 48.5 Å². The van der Waals surface area contributed by atoms with Gasteiger partial charge in [0.15, 0.2) is 0 Å². The molecule has 0 saturated carbocycles. The number of nitriles is 1. The third kappa shape index (κ3) is 4.82. The standard InChI is InChI=1S/C22H22N4O5/c1-22(2)20(28)25(21(29)24-22)12-18(26(30)14-27)13-31-19-9-7-17(8-10-19)16-5-3-15(11-23)4-6-16/h3-10,14,18,30H,12-13H2,1-2H3,(H,24,29). The van der Waals surface area contributed by atoms with Crippen LogP contribution in [0.5, 0.6) is 5.75 Å². The Bertz CT molecular complexity index is 1010. The lowest BCUT2D eigenvalue weighted by Crippen LogP contribution is -2.48. The van der Waals surface area contributed by atoms with Crippen molar-refractivity contribution in [3.8, 4) is 22.9 Å². The number of ether oxygens (including phenoxy) is 1. The fraction of sp³-hybridized carbons (Fsp3) is 0.273. The number of carbonyl (C=O) groups excluding carboxylic acids is 3. The molecule has 2 aromatic carbocycles. The molecule has 3 rings (SSSR count). The third-order valence-electron chi connectivity index (χ3n) is 4.96. The number of nitrogens with zero attached hydrogens (tertiary/aromatic N) is 3. The maximum atomic E-state index is 12.4. The van der Waals surface area contributed by atoms with Crippen LogP contribution in [0.1, 0.15) is 19.4 Å². The van der Waals surface area contributed by atoms with Crippen molar-refractivity contribution in [2.75, 3.05) is 13.2 Å². The van der Waals surface area contributed by atoms with E-state index in [-0.39, 0.29) is 19.6 Å². The van der Waals surface area contributed by atoms with Crippen LogP contribution in [0.3, 0.4) is 0 Å². The van der Waals surface area contributed by atoms with Crippen molar-refractivity contribution in [3.05, 3.63) is 54.1 Å². The summed E-state index contributed by atoms with van der Waals surface area (Å²) < 4.78 is 5.68. The highest BCUT2D eigenvalue weighted by molar-refractivity contribution is 6.06. The highest BCUT2D eigenvalue weighted by atomic mass is 16.5. The molecule has 0 radical (unpaired) electrons. The minimum Gasteiger partial charge on any atom is -0.491 e. The van der Waals surface area contributed by atoms with E-state index < -0.39 is 23.5 Å². The van der Waals surface area contributed by atoms with Crippen molar-refractivity contribution in [1.29, 1.82) is 5.26 Å². The molecule has 9 nitrogen and oxygen atoms in total. The van der Waals surface area contributed by atoms with Crippen molar-refractivity contribution in [3.63, 3.8) is 0 Å². The molecule has 0 aliphatic carbocycles. The zero-order valence-corrected chi connectivity index (χ0v) is 17.1. The van der Waals surface area contributed by atoms with Crippen LogP contribution in [-0.2, 0) is 9.59 Å². The van der Waals surface area contributed by atoms with Gasteiger partial charge in [0.1, 0.15) is 23.9 Å². The largest absolute Gasteiger partial charge is 0.491 e. The van der Waals surface area contributed by atoms with Gasteiger partial charge in [0.25, 0.3) is 5.91 Å². The Kier molecular flexibility index (Phi) is 6.22. The molecule has 1 atom stereocenters. The maximum Gasteiger partial charge on any atom is 0.325 e. The Morgan fingerprint density at radius 2 is 1.74 bits per heavy atom. The van der Waals surface area contributed by atoms with E-state index in [0.717, 1.165) is 16.0 Å². The van der Waals surface area contributed by atoms with E-state index in [2.05, 4.69) is 11.4 Å². The number of carbonyl (C=O) groups is 3. The number of urea groups is 1. The van der Waals surface area contributed by atoms with Crippen LogP contribution in [0.25, 0.3) is 11.1 Å². The second-order valence-corrected chi connectivity index (χ2v) is 7.63. The Morgan fingerprint density at radius 1 is 1.16 bits per heavy atom. The van der Waals surface area contributed by atoms with Gasteiger partial charge in [-0.05, 0) is 49.2 Å². The summed E-state index contributed by atoms with van der Waals surface area (Å²) in [6.45, 7) is 2.80. The molecule has 4 amide bonds. The van der Waals surface area contributed by atoms with Gasteiger partial charge in [-0.15, -0.1) is 0 Å². The molecule has 1 fully saturated rings. The summed E-state index contributed by atoms with van der Waals surface area (Å²) in [4.78, 5) is 36.5. The van der Waals surface area contributed by atoms with E-state index in [1.807, 2.05) is 24.3 Å². The quantitative estimate of drug-likeness (QED) is 0.291. The number of hydrogen-bond donors (Lipinski definition) is 2. The normalized spacial score (nSPS) is 15.7. The van der Waals surface area contributed by atoms with E-state index in [1.165, 1.54) is 0 Å². The monoisotopic (exact) mass is 422 g/mol. The van der Waals surface area contributed by atoms with Gasteiger partial charge in [-0.3, -0.25) is 19.7 Å². The first kappa shape index (κ1) is 21.8. The summed E-state index contributed by atoms with van der Waals surface area (Å²) in [5.74, 6) is 0.0350. The zero-order chi connectivity index (χ0) is 22.6. The van der Waals surface area contributed by atoms with E-state index in [4.69, 9.17) is 10.00 Å². The smallest absolute Gasteiger partial charge is 0.325 e. The summed E-state index contributed by atoms with van der Waals surface area (Å²) in [5.41, 5.74) is 1.39. The summed E-state index contributed by atoms with van der Waals surface area (Å²) in [6, 6.07) is 14.8. The van der Waals surface area contributed by atoms with E-state index in [1.54, 1.807) is 38.1 Å². The average Bonchev–Trinajstić information content (AvgIpc) is 2.97. The number of rotatable bonds is 8. The van der Waals surface area contributed by atoms with Crippen LogP contribution in [-0.4, -0.2) is 58.3 Å². The molecule has 1 heterocycles. The summed E-state index contributed by atoms with van der Waals surface area (Å²) >= 11 is 0. The van der Waals surface area contributed by atoms with Crippen LogP contribution >= 0.6 is 0 Å². The molecule has 1 unspecified atom stereocenters. The summed E-state index contributed by atoms with van der Waals surface area (Å²) in [5, 5.41) is 21.7. The van der Waals surface area contributed by atoms with Gasteiger partial charge >= 0.3 is 6.03 Å². The van der Waals surface area contributed by atoms with E-state index >= 15 is 0 Å². The fourth-order valence-electron chi connectivity index (χ4n) is 3.17. The lowest BCUT2D eigenvalue weighted by molar-refractivity contribution is -0.165. The summed E-state index contributed by atoms with van der Waals surface area (Å²) in [6.07, 6.45) is 0.200. The lowest BCUT2D eigenvalue weighted by Gasteiger charge is -2.26. The highest BCUT2D eigenvalue weighted by Crippen LogP contribution is 2.23. The van der Waals surface area contributed by atoms with E-state index in [9.17, 15) is 19.6 Å². The van der Waals surface area contributed by atoms with Gasteiger partial charge in [0.05, 0.1) is 18.2 Å². The first-order chi connectivity index (χ1) is 14.7. The van der Waals surface area contributed by atoms with Crippen LogP contribution in [0.2, 0.25) is 0 Å². The van der Waals surface area contributed by atoms with E-state index in [0.29, 0.717) is 16.4 Å². The van der Waals surface area contributed by atoms with Crippen LogP contribution in [0.4, 0.5) is 4.79 Å². The highest BCUT2D eigenvalue weighted by Gasteiger charge is 2.45. The first-order valence-corrected chi connectivity index (χ1v) is 9.55. The number of hydrogen-bond acceptors (Lipinski definition) is 6. The minimum absolute atomic E-state index is 0.136. The number of benzene rings is 2. The van der Waals surface area contributed by atoms with Gasteiger partial charge in [-0.2, -0.15) is 5.26 Å². The molecule has 0 spiro atoms. The molecule has 0 bridgehead atoms. The SMILES string of the molecule is CC1(C)NC(=O)N(CC(COc2ccc(-c3ccc(C#N)cc3)cc2)N(O)C=O)C1=O. The Morgan fingerprint density at radius 3 is 2.23 bits per heavy atom. The van der Waals surface area contributed by atoms with Crippen molar-refractivity contribution in [2.45, 2.75) is 25.4 Å². The van der Waals surface area contributed by atoms with Gasteiger partial charge in [0.2, 0.25) is 6.41 Å². The van der Waals surface area contributed by atoms with Crippen molar-refractivity contribution in [2.24, 2.45) is 0 Å². The van der Waals surface area contributed by atoms with Gasteiger partial charge in [-0.1, -0.05) is 24.3 Å². The number of imide groups is 1.